The molecule has 0 saturated carbocycles. The second kappa shape index (κ2) is 6.67. The molecule has 0 atom stereocenters. The third-order valence-corrected chi connectivity index (χ3v) is 3.80. The molecule has 3 nitrogen and oxygen atoms in total. The molecule has 2 aromatic rings. The standard InChI is InChI=1S/C17H23BrN2O/c1-17(2,3)19-11-15-6-5-9-20(15)12-13-10-14(18)7-8-16(13)21-4/h5-10,19H,11-12H2,1-4H3. The highest BCUT2D eigenvalue weighted by Crippen LogP contribution is 2.24. The molecule has 0 amide bonds. The number of rotatable bonds is 5. The van der Waals surface area contributed by atoms with E-state index in [4.69, 9.17) is 4.74 Å². The summed E-state index contributed by atoms with van der Waals surface area (Å²) in [4.78, 5) is 0. The summed E-state index contributed by atoms with van der Waals surface area (Å²) in [5, 5.41) is 3.53. The molecule has 4 heteroatoms. The van der Waals surface area contributed by atoms with E-state index in [1.807, 2.05) is 12.1 Å². The van der Waals surface area contributed by atoms with Crippen molar-refractivity contribution in [3.63, 3.8) is 0 Å². The Morgan fingerprint density at radius 3 is 2.67 bits per heavy atom. The fraction of sp³-hybridized carbons (Fsp3) is 0.412. The zero-order valence-electron chi connectivity index (χ0n) is 13.1. The summed E-state index contributed by atoms with van der Waals surface area (Å²) in [6.07, 6.45) is 2.11. The quantitative estimate of drug-likeness (QED) is 0.874. The van der Waals surface area contributed by atoms with Crippen LogP contribution in [0.15, 0.2) is 41.0 Å². The summed E-state index contributed by atoms with van der Waals surface area (Å²) in [5.41, 5.74) is 2.55. The summed E-state index contributed by atoms with van der Waals surface area (Å²) in [7, 11) is 1.71. The largest absolute Gasteiger partial charge is 0.496 e. The highest BCUT2D eigenvalue weighted by atomic mass is 79.9. The van der Waals surface area contributed by atoms with E-state index in [1.54, 1.807) is 7.11 Å². The minimum Gasteiger partial charge on any atom is -0.496 e. The maximum absolute atomic E-state index is 5.45. The summed E-state index contributed by atoms with van der Waals surface area (Å²) >= 11 is 3.53. The SMILES string of the molecule is COc1ccc(Br)cc1Cn1cccc1CNC(C)(C)C. The van der Waals surface area contributed by atoms with Crippen LogP contribution in [0.3, 0.4) is 0 Å². The van der Waals surface area contributed by atoms with Crippen molar-refractivity contribution in [1.29, 1.82) is 0 Å². The molecule has 0 radical (unpaired) electrons. The second-order valence-electron chi connectivity index (χ2n) is 6.19. The number of nitrogens with one attached hydrogen (secondary N) is 1. The van der Waals surface area contributed by atoms with Gasteiger partial charge in [-0.3, -0.25) is 0 Å². The molecule has 0 fully saturated rings. The van der Waals surface area contributed by atoms with E-state index in [0.717, 1.165) is 23.3 Å². The molecule has 21 heavy (non-hydrogen) atoms. The lowest BCUT2D eigenvalue weighted by Gasteiger charge is -2.21. The topological polar surface area (TPSA) is 26.2 Å². The molecule has 0 aliphatic heterocycles. The Kier molecular flexibility index (Phi) is 5.12. The lowest BCUT2D eigenvalue weighted by molar-refractivity contribution is 0.405. The zero-order chi connectivity index (χ0) is 15.5. The monoisotopic (exact) mass is 350 g/mol. The number of hydrogen-bond donors (Lipinski definition) is 1. The molecule has 2 rings (SSSR count). The van der Waals surface area contributed by atoms with Gasteiger partial charge in [-0.1, -0.05) is 15.9 Å². The van der Waals surface area contributed by atoms with Crippen LogP contribution in [0.4, 0.5) is 0 Å². The van der Waals surface area contributed by atoms with Crippen LogP contribution >= 0.6 is 15.9 Å². The summed E-state index contributed by atoms with van der Waals surface area (Å²) in [5.74, 6) is 0.918. The molecule has 0 aliphatic rings. The van der Waals surface area contributed by atoms with Gasteiger partial charge in [-0.05, 0) is 51.1 Å². The first-order chi connectivity index (χ1) is 9.89. The van der Waals surface area contributed by atoms with E-state index in [-0.39, 0.29) is 5.54 Å². The number of methoxy groups -OCH3 is 1. The number of aromatic nitrogens is 1. The van der Waals surface area contributed by atoms with Gasteiger partial charge in [-0.15, -0.1) is 0 Å². The van der Waals surface area contributed by atoms with Crippen LogP contribution in [0.5, 0.6) is 5.75 Å². The zero-order valence-corrected chi connectivity index (χ0v) is 14.7. The summed E-state index contributed by atoms with van der Waals surface area (Å²) in [6, 6.07) is 10.4. The molecule has 1 aromatic heterocycles. The van der Waals surface area contributed by atoms with Crippen molar-refractivity contribution >= 4 is 15.9 Å². The summed E-state index contributed by atoms with van der Waals surface area (Å²) in [6.45, 7) is 8.19. The Bertz CT molecular complexity index is 599. The van der Waals surface area contributed by atoms with Crippen molar-refractivity contribution in [2.45, 2.75) is 39.4 Å². The average Bonchev–Trinajstić information content (AvgIpc) is 2.83. The van der Waals surface area contributed by atoms with Gasteiger partial charge >= 0.3 is 0 Å². The highest BCUT2D eigenvalue weighted by Gasteiger charge is 2.11. The first-order valence-corrected chi connectivity index (χ1v) is 7.90. The Balaban J connectivity index is 2.17. The van der Waals surface area contributed by atoms with E-state index < -0.39 is 0 Å². The number of nitrogens with zero attached hydrogens (tertiary/aromatic N) is 1. The lowest BCUT2D eigenvalue weighted by Crippen LogP contribution is -2.35. The van der Waals surface area contributed by atoms with Gasteiger partial charge in [-0.25, -0.2) is 0 Å². The Morgan fingerprint density at radius 1 is 1.24 bits per heavy atom. The third kappa shape index (κ3) is 4.61. The van der Waals surface area contributed by atoms with Gasteiger partial charge in [-0.2, -0.15) is 0 Å². The smallest absolute Gasteiger partial charge is 0.123 e. The van der Waals surface area contributed by atoms with Crippen molar-refractivity contribution in [3.05, 3.63) is 52.3 Å². The number of hydrogen-bond acceptors (Lipinski definition) is 2. The van der Waals surface area contributed by atoms with Crippen LogP contribution < -0.4 is 10.1 Å². The maximum Gasteiger partial charge on any atom is 0.123 e. The molecule has 0 bridgehead atoms. The first-order valence-electron chi connectivity index (χ1n) is 7.10. The lowest BCUT2D eigenvalue weighted by atomic mass is 10.1. The molecule has 1 N–H and O–H groups in total. The van der Waals surface area contributed by atoms with E-state index >= 15 is 0 Å². The normalized spacial score (nSPS) is 11.7. The van der Waals surface area contributed by atoms with E-state index in [9.17, 15) is 0 Å². The number of benzene rings is 1. The summed E-state index contributed by atoms with van der Waals surface area (Å²) < 4.78 is 8.78. The maximum atomic E-state index is 5.45. The number of ether oxygens (including phenoxy) is 1. The second-order valence-corrected chi connectivity index (χ2v) is 7.10. The number of halogens is 1. The molecule has 1 heterocycles. The van der Waals surface area contributed by atoms with Gasteiger partial charge in [0.15, 0.2) is 0 Å². The van der Waals surface area contributed by atoms with E-state index in [2.05, 4.69) is 71.0 Å². The average molecular weight is 351 g/mol. The fourth-order valence-corrected chi connectivity index (χ4v) is 2.58. The van der Waals surface area contributed by atoms with Gasteiger partial charge in [0.05, 0.1) is 13.7 Å². The Labute approximate surface area is 135 Å². The van der Waals surface area contributed by atoms with Crippen LogP contribution in [0.25, 0.3) is 0 Å². The predicted molar refractivity (Wildman–Crippen MR) is 90.8 cm³/mol. The molecule has 0 saturated heterocycles. The van der Waals surface area contributed by atoms with Crippen LogP contribution in [0.1, 0.15) is 32.0 Å². The molecular weight excluding hydrogens is 328 g/mol. The van der Waals surface area contributed by atoms with Crippen molar-refractivity contribution in [3.8, 4) is 5.75 Å². The van der Waals surface area contributed by atoms with Crippen molar-refractivity contribution in [2.24, 2.45) is 0 Å². The minimum absolute atomic E-state index is 0.114. The molecule has 1 aromatic carbocycles. The molecule has 114 valence electrons. The molecule has 0 unspecified atom stereocenters. The van der Waals surface area contributed by atoms with Gasteiger partial charge in [0.1, 0.15) is 5.75 Å². The van der Waals surface area contributed by atoms with E-state index in [0.29, 0.717) is 0 Å². The fourth-order valence-electron chi connectivity index (χ4n) is 2.17. The molecular formula is C17H23BrN2O. The molecule has 0 spiro atoms. The van der Waals surface area contributed by atoms with Gasteiger partial charge < -0.3 is 14.6 Å². The minimum atomic E-state index is 0.114. The van der Waals surface area contributed by atoms with Gasteiger partial charge in [0.25, 0.3) is 0 Å². The van der Waals surface area contributed by atoms with Gasteiger partial charge in [0, 0.05) is 34.0 Å². The first kappa shape index (κ1) is 16.1. The Morgan fingerprint density at radius 2 is 2.00 bits per heavy atom. The predicted octanol–water partition coefficient (Wildman–Crippen LogP) is 4.20. The highest BCUT2D eigenvalue weighted by molar-refractivity contribution is 9.10. The van der Waals surface area contributed by atoms with Crippen LogP contribution in [0, 0.1) is 0 Å². The van der Waals surface area contributed by atoms with Crippen LogP contribution in [-0.4, -0.2) is 17.2 Å². The van der Waals surface area contributed by atoms with Crippen molar-refractivity contribution in [1.82, 2.24) is 9.88 Å². The van der Waals surface area contributed by atoms with Crippen LogP contribution in [-0.2, 0) is 13.1 Å². The van der Waals surface area contributed by atoms with Crippen molar-refractivity contribution < 1.29 is 4.74 Å². The van der Waals surface area contributed by atoms with Gasteiger partial charge in [0.2, 0.25) is 0 Å². The third-order valence-electron chi connectivity index (χ3n) is 3.31. The Hall–Kier alpha value is -1.26. The molecule has 0 aliphatic carbocycles. The van der Waals surface area contributed by atoms with Crippen molar-refractivity contribution in [2.75, 3.05) is 7.11 Å². The van der Waals surface area contributed by atoms with Crippen LogP contribution in [0.2, 0.25) is 0 Å². The van der Waals surface area contributed by atoms with E-state index in [1.165, 1.54) is 11.3 Å².